The van der Waals surface area contributed by atoms with Crippen LogP contribution >= 0.6 is 0 Å². The van der Waals surface area contributed by atoms with Crippen LogP contribution in [0, 0.1) is 47.3 Å². The Morgan fingerprint density at radius 1 is 0.280 bits per heavy atom. The second-order valence-corrected chi connectivity index (χ2v) is 32.9. The molecule has 8 rings (SSSR count). The van der Waals surface area contributed by atoms with Gasteiger partial charge in [-0.15, -0.1) is 0 Å². The van der Waals surface area contributed by atoms with Crippen LogP contribution in [0.15, 0.2) is 74.4 Å². The van der Waals surface area contributed by atoms with Crippen LogP contribution in [0.2, 0.25) is 0 Å². The fraction of sp³-hybridized carbons (Fsp3) is 0.750. The maximum absolute atomic E-state index is 4.39. The van der Waals surface area contributed by atoms with E-state index in [0.29, 0.717) is 71.5 Å². The van der Waals surface area contributed by atoms with Crippen LogP contribution in [0.1, 0.15) is 340 Å². The first-order valence-corrected chi connectivity index (χ1v) is 38.5. The van der Waals surface area contributed by atoms with E-state index < -0.39 is 0 Å². The topological polar surface area (TPSA) is 194 Å². The lowest BCUT2D eigenvalue weighted by Gasteiger charge is -2.04. The molecule has 0 unspecified atom stereocenters. The maximum atomic E-state index is 4.39. The van der Waals surface area contributed by atoms with Crippen molar-refractivity contribution in [2.24, 2.45) is 47.3 Å². The SMILES string of the molecule is CC(C)CCc1cnn(C(C)C)c1.CC(C)CCc1cnn(C(C)C)n1.CC(C)CCn1cc(C(C)C)cn1.CC(C)CCn1ncc(C(C)C)n1.CC(C)Cc1cnn(C(C)C)c1.CC(C)Cc1cnn(C(C)C)n1.CC(C)Cn1cc(C(C)C)cn1.CC(C)Cn1ncc(C(C)C)n1. The van der Waals surface area contributed by atoms with Crippen molar-refractivity contribution >= 4 is 0 Å². The van der Waals surface area contributed by atoms with Gasteiger partial charge in [0.1, 0.15) is 0 Å². The standard InChI is InChI=1S/2C11H20N2.2C10H19N3.2C10H18N2.2C9H17N3/c1-9(2)5-6-13-8-11(7-12-13)10(3)4;1-9(2)5-6-11-7-12-13(8-11)10(3)4;1-8(2)5-6-13-11-7-10(12-13)9(3)4;1-8(2)5-6-10-7-11-13(12-10)9(3)4;1-8(2)6-12-7-10(5-11-12)9(3)4;1-8(2)5-10-6-11-12(7-10)9(3)4;1-7(2)6-12-10-5-9(11-12)8(3)4;1-7(2)5-9-6-10-12(11-9)8(3)4/h2*7-10H,5-6H2,1-4H3;2*7-9H,5-6H2,1-4H3;5,7-9H,6H2,1-4H3;6-9H,5H2,1-4H3;5,7-8H,6H2,1-4H3;6-8H,5H2,1-4H3. The predicted octanol–water partition coefficient (Wildman–Crippen LogP) is 20.4. The number of hydrogen-bond donors (Lipinski definition) is 0. The highest BCUT2D eigenvalue weighted by atomic mass is 15.5. The Bertz CT molecular complexity index is 2800. The normalized spacial score (nSPS) is 11.5. The lowest BCUT2D eigenvalue weighted by atomic mass is 10.1. The van der Waals surface area contributed by atoms with Crippen LogP contribution in [0.4, 0.5) is 0 Å². The number of rotatable bonds is 28. The minimum Gasteiger partial charge on any atom is -0.272 e. The van der Waals surface area contributed by atoms with Crippen LogP contribution in [0.3, 0.4) is 0 Å². The van der Waals surface area contributed by atoms with E-state index in [1.54, 1.807) is 19.2 Å². The molecule has 0 aromatic carbocycles. The van der Waals surface area contributed by atoms with Gasteiger partial charge in [0.25, 0.3) is 0 Å². The molecule has 0 aliphatic rings. The van der Waals surface area contributed by atoms with E-state index in [0.717, 1.165) is 105 Å². The van der Waals surface area contributed by atoms with Crippen LogP contribution in [0.5, 0.6) is 0 Å². The highest BCUT2D eigenvalue weighted by Crippen LogP contribution is 2.17. The first-order valence-electron chi connectivity index (χ1n) is 38.5. The zero-order chi connectivity index (χ0) is 75.9. The van der Waals surface area contributed by atoms with Gasteiger partial charge in [0.05, 0.1) is 97.5 Å². The summed E-state index contributed by atoms with van der Waals surface area (Å²) in [6.07, 6.45) is 33.1. The number of aromatic nitrogens is 20. The van der Waals surface area contributed by atoms with E-state index in [1.165, 1.54) is 41.5 Å². The minimum atomic E-state index is 0.367. The van der Waals surface area contributed by atoms with Gasteiger partial charge >= 0.3 is 0 Å². The van der Waals surface area contributed by atoms with Gasteiger partial charge in [-0.3, -0.25) is 18.7 Å². The number of aryl methyl sites for hydroxylation is 4. The molecule has 0 spiro atoms. The van der Waals surface area contributed by atoms with Crippen LogP contribution in [-0.4, -0.2) is 99.1 Å². The summed E-state index contributed by atoms with van der Waals surface area (Å²) in [5, 5.41) is 51.5. The van der Waals surface area contributed by atoms with E-state index in [1.807, 2.05) is 63.6 Å². The molecule has 0 amide bonds. The molecule has 100 heavy (non-hydrogen) atoms. The minimum absolute atomic E-state index is 0.367. The summed E-state index contributed by atoms with van der Waals surface area (Å²) in [5.41, 5.74) is 9.75. The summed E-state index contributed by atoms with van der Waals surface area (Å²) >= 11 is 0. The van der Waals surface area contributed by atoms with Crippen molar-refractivity contribution in [1.82, 2.24) is 99.1 Å². The van der Waals surface area contributed by atoms with Crippen molar-refractivity contribution < 1.29 is 0 Å². The molecule has 0 aliphatic heterocycles. The lowest BCUT2D eigenvalue weighted by Crippen LogP contribution is -2.08. The summed E-state index contributed by atoms with van der Waals surface area (Å²) < 4.78 is 8.11. The van der Waals surface area contributed by atoms with Crippen molar-refractivity contribution in [3.05, 3.63) is 119 Å². The fourth-order valence-electron chi connectivity index (χ4n) is 9.05. The molecule has 8 heterocycles. The van der Waals surface area contributed by atoms with Gasteiger partial charge in [0, 0.05) is 50.0 Å². The summed E-state index contributed by atoms with van der Waals surface area (Å²) in [7, 11) is 0. The second kappa shape index (κ2) is 49.1. The smallest absolute Gasteiger partial charge is 0.0852 e. The average molecular weight is 1390 g/mol. The zero-order valence-corrected chi connectivity index (χ0v) is 69.6. The molecule has 20 nitrogen and oxygen atoms in total. The van der Waals surface area contributed by atoms with E-state index in [-0.39, 0.29) is 0 Å². The Balaban J connectivity index is 0.000000572. The van der Waals surface area contributed by atoms with Gasteiger partial charge in [-0.2, -0.15) is 80.4 Å². The van der Waals surface area contributed by atoms with E-state index in [2.05, 4.69) is 312 Å². The quantitative estimate of drug-likeness (QED) is 0.0451. The predicted molar refractivity (Wildman–Crippen MR) is 419 cm³/mol. The molecule has 0 bridgehead atoms. The first-order chi connectivity index (χ1) is 46.7. The monoisotopic (exact) mass is 1390 g/mol. The molecule has 0 fully saturated rings. The zero-order valence-electron chi connectivity index (χ0n) is 69.6. The third-order valence-corrected chi connectivity index (χ3v) is 15.5. The summed E-state index contributed by atoms with van der Waals surface area (Å²) in [6.45, 7) is 73.6. The Morgan fingerprint density at radius 2 is 0.690 bits per heavy atom. The Kier molecular flexibility index (Phi) is 44.9. The molecule has 0 saturated heterocycles. The van der Waals surface area contributed by atoms with E-state index in [9.17, 15) is 0 Å². The third-order valence-electron chi connectivity index (χ3n) is 15.5. The van der Waals surface area contributed by atoms with Gasteiger partial charge in [0.2, 0.25) is 0 Å². The molecule has 0 saturated carbocycles. The third kappa shape index (κ3) is 42.0. The van der Waals surface area contributed by atoms with E-state index >= 15 is 0 Å². The number of hydrogen-bond acceptors (Lipinski definition) is 12. The highest BCUT2D eigenvalue weighted by Gasteiger charge is 2.11. The highest BCUT2D eigenvalue weighted by molar-refractivity contribution is 5.10. The molecular weight excluding hydrogens is 1240 g/mol. The molecule has 8 aromatic heterocycles. The van der Waals surface area contributed by atoms with Gasteiger partial charge in [-0.1, -0.05) is 166 Å². The van der Waals surface area contributed by atoms with Crippen LogP contribution in [0.25, 0.3) is 0 Å². The Morgan fingerprint density at radius 3 is 1.09 bits per heavy atom. The van der Waals surface area contributed by atoms with Crippen molar-refractivity contribution in [2.75, 3.05) is 0 Å². The van der Waals surface area contributed by atoms with Gasteiger partial charge in [-0.25, -0.2) is 0 Å². The first kappa shape index (κ1) is 91.4. The van der Waals surface area contributed by atoms with Crippen molar-refractivity contribution in [3.63, 3.8) is 0 Å². The molecule has 20 heteroatoms. The summed E-state index contributed by atoms with van der Waals surface area (Å²) in [4.78, 5) is 7.11. The van der Waals surface area contributed by atoms with Gasteiger partial charge < -0.3 is 0 Å². The van der Waals surface area contributed by atoms with Gasteiger partial charge in [0.15, 0.2) is 0 Å². The molecule has 0 aliphatic carbocycles. The number of nitrogens with zero attached hydrogens (tertiary/aromatic N) is 20. The fourth-order valence-corrected chi connectivity index (χ4v) is 9.05. The molecule has 8 aromatic rings. The lowest BCUT2D eigenvalue weighted by molar-refractivity contribution is 0.434. The second-order valence-electron chi connectivity index (χ2n) is 32.9. The van der Waals surface area contributed by atoms with Crippen molar-refractivity contribution in [2.45, 2.75) is 347 Å². The molecule has 0 atom stereocenters. The Hall–Kier alpha value is -6.60. The van der Waals surface area contributed by atoms with E-state index in [4.69, 9.17) is 0 Å². The summed E-state index contributed by atoms with van der Waals surface area (Å²) in [6, 6.07) is 1.69. The van der Waals surface area contributed by atoms with Crippen molar-refractivity contribution in [3.8, 4) is 0 Å². The van der Waals surface area contributed by atoms with Crippen LogP contribution in [-0.2, 0) is 51.9 Å². The largest absolute Gasteiger partial charge is 0.272 e. The maximum Gasteiger partial charge on any atom is 0.0852 e. The summed E-state index contributed by atoms with van der Waals surface area (Å²) in [5.74, 6) is 7.78. The molecule has 0 radical (unpaired) electrons. The molecule has 568 valence electrons. The molecule has 0 N–H and O–H groups in total. The Labute approximate surface area is 609 Å². The van der Waals surface area contributed by atoms with Gasteiger partial charge in [-0.05, 0) is 200 Å². The van der Waals surface area contributed by atoms with Crippen molar-refractivity contribution in [1.29, 1.82) is 0 Å². The van der Waals surface area contributed by atoms with Crippen LogP contribution < -0.4 is 0 Å². The molecular formula is C80H148N20. The average Bonchev–Trinajstić information content (AvgIpc) is 2.29.